The molecule has 0 bridgehead atoms. The van der Waals surface area contributed by atoms with Crippen molar-refractivity contribution in [1.82, 2.24) is 16.0 Å². The summed E-state index contributed by atoms with van der Waals surface area (Å²) in [6.45, 7) is 1.94. The zero-order valence-corrected chi connectivity index (χ0v) is 10.1. The highest BCUT2D eigenvalue weighted by Crippen LogP contribution is 2.01. The van der Waals surface area contributed by atoms with E-state index >= 15 is 0 Å². The van der Waals surface area contributed by atoms with Crippen LogP contribution in [-0.2, 0) is 16.1 Å². The first-order chi connectivity index (χ1) is 8.75. The second-order valence-electron chi connectivity index (χ2n) is 4.34. The molecule has 0 unspecified atom stereocenters. The Kier molecular flexibility index (Phi) is 4.30. The van der Waals surface area contributed by atoms with Crippen molar-refractivity contribution in [3.8, 4) is 0 Å². The van der Waals surface area contributed by atoms with E-state index in [1.807, 2.05) is 30.3 Å². The Balaban J connectivity index is 1.64. The van der Waals surface area contributed by atoms with Crippen LogP contribution in [-0.4, -0.2) is 31.4 Å². The number of benzene rings is 1. The second-order valence-corrected chi connectivity index (χ2v) is 4.34. The number of hydrogen-bond donors (Lipinski definition) is 3. The first kappa shape index (κ1) is 12.6. The third-order valence-corrected chi connectivity index (χ3v) is 2.91. The van der Waals surface area contributed by atoms with Crippen LogP contribution in [0.15, 0.2) is 30.3 Å². The van der Waals surface area contributed by atoms with Crippen molar-refractivity contribution in [3.05, 3.63) is 35.9 Å². The maximum Gasteiger partial charge on any atom is 0.239 e. The first-order valence-electron chi connectivity index (χ1n) is 6.05. The zero-order valence-electron chi connectivity index (χ0n) is 10.1. The van der Waals surface area contributed by atoms with Gasteiger partial charge in [0, 0.05) is 19.6 Å². The monoisotopic (exact) mass is 247 g/mol. The van der Waals surface area contributed by atoms with Crippen molar-refractivity contribution < 1.29 is 9.59 Å². The molecule has 1 fully saturated rings. The predicted molar refractivity (Wildman–Crippen MR) is 67.7 cm³/mol. The van der Waals surface area contributed by atoms with Crippen LogP contribution in [0.25, 0.3) is 0 Å². The largest absolute Gasteiger partial charge is 0.350 e. The maximum atomic E-state index is 11.5. The van der Waals surface area contributed by atoms with Gasteiger partial charge in [-0.1, -0.05) is 30.3 Å². The van der Waals surface area contributed by atoms with Gasteiger partial charge in [0.2, 0.25) is 11.8 Å². The van der Waals surface area contributed by atoms with Gasteiger partial charge in [0.1, 0.15) is 0 Å². The molecule has 1 aliphatic heterocycles. The van der Waals surface area contributed by atoms with Crippen LogP contribution in [0.4, 0.5) is 0 Å². The Bertz CT molecular complexity index is 416. The molecule has 5 heteroatoms. The molecule has 1 aliphatic rings. The fourth-order valence-electron chi connectivity index (χ4n) is 1.64. The number of rotatable bonds is 5. The van der Waals surface area contributed by atoms with Gasteiger partial charge in [-0.15, -0.1) is 0 Å². The van der Waals surface area contributed by atoms with Crippen molar-refractivity contribution in [3.63, 3.8) is 0 Å². The van der Waals surface area contributed by atoms with Crippen LogP contribution in [0.1, 0.15) is 5.56 Å². The van der Waals surface area contributed by atoms with E-state index in [2.05, 4.69) is 16.0 Å². The van der Waals surface area contributed by atoms with E-state index in [9.17, 15) is 9.59 Å². The Morgan fingerprint density at radius 3 is 2.50 bits per heavy atom. The van der Waals surface area contributed by atoms with E-state index in [4.69, 9.17) is 0 Å². The summed E-state index contributed by atoms with van der Waals surface area (Å²) < 4.78 is 0. The average molecular weight is 247 g/mol. The lowest BCUT2D eigenvalue weighted by molar-refractivity contribution is -0.129. The highest BCUT2D eigenvalue weighted by molar-refractivity contribution is 5.86. The molecular formula is C13H17N3O2. The van der Waals surface area contributed by atoms with Gasteiger partial charge in [-0.3, -0.25) is 9.59 Å². The quantitative estimate of drug-likeness (QED) is 0.665. The number of nitrogens with one attached hydrogen (secondary N) is 3. The van der Waals surface area contributed by atoms with E-state index in [1.54, 1.807) is 0 Å². The molecule has 2 rings (SSSR count). The highest BCUT2D eigenvalue weighted by atomic mass is 16.2. The average Bonchev–Trinajstić information content (AvgIpc) is 2.33. The molecule has 5 nitrogen and oxygen atoms in total. The topological polar surface area (TPSA) is 70.2 Å². The fraction of sp³-hybridized carbons (Fsp3) is 0.385. The minimum absolute atomic E-state index is 0.0203. The lowest BCUT2D eigenvalue weighted by atomic mass is 10.0. The molecule has 0 aliphatic carbocycles. The van der Waals surface area contributed by atoms with Crippen molar-refractivity contribution in [2.45, 2.75) is 6.54 Å². The molecule has 1 aromatic rings. The van der Waals surface area contributed by atoms with E-state index in [1.165, 1.54) is 0 Å². The third kappa shape index (κ3) is 3.56. The summed E-state index contributed by atoms with van der Waals surface area (Å²) in [6, 6.07) is 9.66. The van der Waals surface area contributed by atoms with Gasteiger partial charge in [-0.05, 0) is 5.56 Å². The van der Waals surface area contributed by atoms with E-state index < -0.39 is 0 Å². The molecule has 0 atom stereocenters. The predicted octanol–water partition coefficient (Wildman–Crippen LogP) is -0.362. The molecule has 0 aromatic heterocycles. The normalized spacial score (nSPS) is 14.7. The number of carbonyl (C=O) groups is 2. The van der Waals surface area contributed by atoms with Gasteiger partial charge in [-0.25, -0.2) is 0 Å². The van der Waals surface area contributed by atoms with Crippen LogP contribution >= 0.6 is 0 Å². The summed E-state index contributed by atoms with van der Waals surface area (Å²) in [5.74, 6) is -0.199. The van der Waals surface area contributed by atoms with E-state index in [0.717, 1.165) is 5.56 Å². The Morgan fingerprint density at radius 1 is 1.17 bits per heavy atom. The highest BCUT2D eigenvalue weighted by Gasteiger charge is 2.24. The lowest BCUT2D eigenvalue weighted by Crippen LogP contribution is -2.52. The standard InChI is InChI=1S/C13H17N3O2/c17-12(9-16-13(18)11-7-14-8-11)15-6-10-4-2-1-3-5-10/h1-5,11,14H,6-9H2,(H,15,17)(H,16,18). The lowest BCUT2D eigenvalue weighted by Gasteiger charge is -2.25. The number of carbonyl (C=O) groups excluding carboxylic acids is 2. The molecule has 1 aromatic carbocycles. The third-order valence-electron chi connectivity index (χ3n) is 2.91. The van der Waals surface area contributed by atoms with Gasteiger partial charge in [0.05, 0.1) is 12.5 Å². The smallest absolute Gasteiger partial charge is 0.239 e. The van der Waals surface area contributed by atoms with Crippen molar-refractivity contribution in [1.29, 1.82) is 0 Å². The second kappa shape index (κ2) is 6.16. The summed E-state index contributed by atoms with van der Waals surface area (Å²) in [5, 5.41) is 8.40. The molecule has 96 valence electrons. The fourth-order valence-corrected chi connectivity index (χ4v) is 1.64. The van der Waals surface area contributed by atoms with Crippen LogP contribution in [0.2, 0.25) is 0 Å². The summed E-state index contributed by atoms with van der Waals surface area (Å²) in [7, 11) is 0. The van der Waals surface area contributed by atoms with Crippen LogP contribution in [0.3, 0.4) is 0 Å². The molecule has 3 N–H and O–H groups in total. The van der Waals surface area contributed by atoms with E-state index in [0.29, 0.717) is 19.6 Å². The SMILES string of the molecule is O=C(CNC(=O)C1CNC1)NCc1ccccc1. The Morgan fingerprint density at radius 2 is 1.89 bits per heavy atom. The van der Waals surface area contributed by atoms with Crippen LogP contribution in [0, 0.1) is 5.92 Å². The van der Waals surface area contributed by atoms with Gasteiger partial charge >= 0.3 is 0 Å². The minimum Gasteiger partial charge on any atom is -0.350 e. The zero-order chi connectivity index (χ0) is 12.8. The molecule has 18 heavy (non-hydrogen) atoms. The van der Waals surface area contributed by atoms with Crippen molar-refractivity contribution >= 4 is 11.8 Å². The summed E-state index contributed by atoms with van der Waals surface area (Å²) in [4.78, 5) is 23.0. The van der Waals surface area contributed by atoms with Gasteiger partial charge in [-0.2, -0.15) is 0 Å². The summed E-state index contributed by atoms with van der Waals surface area (Å²) in [6.07, 6.45) is 0. The van der Waals surface area contributed by atoms with Gasteiger partial charge in [0.25, 0.3) is 0 Å². The summed E-state index contributed by atoms with van der Waals surface area (Å²) >= 11 is 0. The molecule has 1 heterocycles. The minimum atomic E-state index is -0.167. The molecule has 0 radical (unpaired) electrons. The van der Waals surface area contributed by atoms with Crippen LogP contribution < -0.4 is 16.0 Å². The molecule has 1 saturated heterocycles. The van der Waals surface area contributed by atoms with Gasteiger partial charge < -0.3 is 16.0 Å². The molecule has 0 saturated carbocycles. The van der Waals surface area contributed by atoms with E-state index in [-0.39, 0.29) is 24.3 Å². The molecule has 2 amide bonds. The number of amides is 2. The van der Waals surface area contributed by atoms with Crippen molar-refractivity contribution in [2.24, 2.45) is 5.92 Å². The van der Waals surface area contributed by atoms with Gasteiger partial charge in [0.15, 0.2) is 0 Å². The first-order valence-corrected chi connectivity index (χ1v) is 6.05. The molecular weight excluding hydrogens is 230 g/mol. The number of hydrogen-bond acceptors (Lipinski definition) is 3. The van der Waals surface area contributed by atoms with Crippen molar-refractivity contribution in [2.75, 3.05) is 19.6 Å². The molecule has 0 spiro atoms. The van der Waals surface area contributed by atoms with Crippen LogP contribution in [0.5, 0.6) is 0 Å². The maximum absolute atomic E-state index is 11.5. The Hall–Kier alpha value is -1.88. The Labute approximate surface area is 106 Å². The summed E-state index contributed by atoms with van der Waals surface area (Å²) in [5.41, 5.74) is 1.04.